The van der Waals surface area contributed by atoms with Gasteiger partial charge < -0.3 is 4.74 Å². The third-order valence-corrected chi connectivity index (χ3v) is 2.73. The molecular weight excluding hydrogens is 349 g/mol. The fraction of sp³-hybridized carbons (Fsp3) is 0.188. The molecule has 1 aromatic carbocycles. The number of hydrogen-bond acceptors (Lipinski definition) is 1. The van der Waals surface area contributed by atoms with Crippen LogP contribution in [0.1, 0.15) is 18.2 Å². The zero-order valence-corrected chi connectivity index (χ0v) is 13.6. The fourth-order valence-electron chi connectivity index (χ4n) is 1.73. The lowest BCUT2D eigenvalue weighted by molar-refractivity contribution is -0.673. The van der Waals surface area contributed by atoms with E-state index in [-0.39, 0.29) is 24.0 Å². The van der Waals surface area contributed by atoms with Crippen molar-refractivity contribution in [3.8, 4) is 5.75 Å². The highest BCUT2D eigenvalue weighted by atomic mass is 127. The van der Waals surface area contributed by atoms with Crippen molar-refractivity contribution in [2.45, 2.75) is 6.92 Å². The van der Waals surface area contributed by atoms with Crippen LogP contribution in [0.2, 0.25) is 0 Å². The molecule has 1 heterocycles. The molecule has 0 aliphatic carbocycles. The number of hydrogen-bond donors (Lipinski definition) is 0. The minimum absolute atomic E-state index is 0. The van der Waals surface area contributed by atoms with Crippen LogP contribution in [0.5, 0.6) is 5.75 Å². The third-order valence-electron chi connectivity index (χ3n) is 2.73. The summed E-state index contributed by atoms with van der Waals surface area (Å²) in [5, 5.41) is 0. The molecule has 0 saturated heterocycles. The monoisotopic (exact) mass is 368 g/mol. The highest BCUT2D eigenvalue weighted by molar-refractivity contribution is 14.0. The van der Waals surface area contributed by atoms with E-state index in [0.29, 0.717) is 6.61 Å². The van der Waals surface area contributed by atoms with E-state index in [9.17, 15) is 0 Å². The first-order valence-electron chi connectivity index (χ1n) is 6.15. The molecule has 0 N–H and O–H groups in total. The first kappa shape index (κ1) is 15.7. The van der Waals surface area contributed by atoms with Crippen molar-refractivity contribution in [3.63, 3.8) is 0 Å². The van der Waals surface area contributed by atoms with Gasteiger partial charge in [0.1, 0.15) is 12.8 Å². The summed E-state index contributed by atoms with van der Waals surface area (Å²) in [6.07, 6.45) is 6.25. The molecule has 100 valence electrons. The van der Waals surface area contributed by atoms with Gasteiger partial charge in [0.2, 0.25) is 5.69 Å². The van der Waals surface area contributed by atoms with Crippen molar-refractivity contribution < 1.29 is 9.30 Å². The number of benzene rings is 1. The van der Waals surface area contributed by atoms with E-state index in [1.54, 1.807) is 0 Å². The Kier molecular flexibility index (Phi) is 6.56. The lowest BCUT2D eigenvalue weighted by Crippen LogP contribution is -2.30. The van der Waals surface area contributed by atoms with E-state index < -0.39 is 0 Å². The molecular formula is C16H19INO+. The van der Waals surface area contributed by atoms with E-state index in [1.807, 2.05) is 44.4 Å². The standard InChI is InChI=1S/C16H18NO.HI/c1-3-18-16-11-8-14(9-12-16)7-10-15-6-4-5-13-17(15)2;/h4-13H,3H2,1-2H3;1H/q+1;/b10-7+;. The molecule has 1 aromatic heterocycles. The van der Waals surface area contributed by atoms with Crippen molar-refractivity contribution in [2.75, 3.05) is 6.61 Å². The molecule has 2 aromatic rings. The van der Waals surface area contributed by atoms with Crippen molar-refractivity contribution >= 4 is 36.1 Å². The van der Waals surface area contributed by atoms with Gasteiger partial charge in [0.25, 0.3) is 0 Å². The summed E-state index contributed by atoms with van der Waals surface area (Å²) in [6.45, 7) is 2.69. The molecule has 0 spiro atoms. The van der Waals surface area contributed by atoms with Crippen molar-refractivity contribution in [1.29, 1.82) is 0 Å². The van der Waals surface area contributed by atoms with E-state index in [1.165, 1.54) is 11.3 Å². The second kappa shape index (κ2) is 7.94. The van der Waals surface area contributed by atoms with Crippen LogP contribution in [0, 0.1) is 0 Å². The third kappa shape index (κ3) is 4.67. The van der Waals surface area contributed by atoms with Gasteiger partial charge in [-0.3, -0.25) is 0 Å². The molecule has 2 nitrogen and oxygen atoms in total. The van der Waals surface area contributed by atoms with Gasteiger partial charge in [-0.25, -0.2) is 4.57 Å². The average molecular weight is 368 g/mol. The Morgan fingerprint density at radius 3 is 2.42 bits per heavy atom. The van der Waals surface area contributed by atoms with Crippen LogP contribution < -0.4 is 9.30 Å². The molecule has 0 aliphatic rings. The maximum Gasteiger partial charge on any atom is 0.204 e. The second-order valence-corrected chi connectivity index (χ2v) is 4.07. The Balaban J connectivity index is 0.00000180. The Bertz CT molecular complexity index is 535. The molecule has 0 saturated carbocycles. The predicted molar refractivity (Wildman–Crippen MR) is 89.6 cm³/mol. The first-order chi connectivity index (χ1) is 8.79. The maximum absolute atomic E-state index is 5.41. The van der Waals surface area contributed by atoms with E-state index in [2.05, 4.69) is 34.9 Å². The highest BCUT2D eigenvalue weighted by Crippen LogP contribution is 2.13. The maximum atomic E-state index is 5.41. The molecule has 0 aliphatic heterocycles. The quantitative estimate of drug-likeness (QED) is 0.593. The van der Waals surface area contributed by atoms with Crippen LogP contribution in [0.15, 0.2) is 48.7 Å². The second-order valence-electron chi connectivity index (χ2n) is 4.07. The zero-order chi connectivity index (χ0) is 12.8. The Labute approximate surface area is 131 Å². The number of ether oxygens (including phenoxy) is 1. The summed E-state index contributed by atoms with van der Waals surface area (Å²) in [4.78, 5) is 0. The minimum atomic E-state index is 0. The predicted octanol–water partition coefficient (Wildman–Crippen LogP) is 3.70. The van der Waals surface area contributed by atoms with Gasteiger partial charge in [-0.2, -0.15) is 0 Å². The van der Waals surface area contributed by atoms with E-state index in [4.69, 9.17) is 4.74 Å². The van der Waals surface area contributed by atoms with Crippen LogP contribution in [0.3, 0.4) is 0 Å². The van der Waals surface area contributed by atoms with Crippen LogP contribution in [0.25, 0.3) is 12.2 Å². The Morgan fingerprint density at radius 1 is 1.05 bits per heavy atom. The molecule has 0 atom stereocenters. The molecule has 3 heteroatoms. The number of aryl methyl sites for hydroxylation is 1. The molecule has 19 heavy (non-hydrogen) atoms. The van der Waals surface area contributed by atoms with E-state index in [0.717, 1.165) is 5.75 Å². The zero-order valence-electron chi connectivity index (χ0n) is 11.2. The summed E-state index contributed by atoms with van der Waals surface area (Å²) in [5.41, 5.74) is 2.34. The van der Waals surface area contributed by atoms with Gasteiger partial charge >= 0.3 is 0 Å². The molecule has 0 fully saturated rings. The summed E-state index contributed by atoms with van der Waals surface area (Å²) < 4.78 is 7.50. The first-order valence-corrected chi connectivity index (χ1v) is 6.15. The number of pyridine rings is 1. The number of nitrogens with zero attached hydrogens (tertiary/aromatic N) is 1. The van der Waals surface area contributed by atoms with E-state index >= 15 is 0 Å². The molecule has 0 bridgehead atoms. The number of halogens is 1. The van der Waals surface area contributed by atoms with Crippen molar-refractivity contribution in [3.05, 3.63) is 59.9 Å². The number of aromatic nitrogens is 1. The Hall–Kier alpha value is -1.36. The molecule has 2 rings (SSSR count). The lowest BCUT2D eigenvalue weighted by Gasteiger charge is -2.02. The average Bonchev–Trinajstić information content (AvgIpc) is 2.40. The van der Waals surface area contributed by atoms with Crippen LogP contribution in [-0.2, 0) is 7.05 Å². The Morgan fingerprint density at radius 2 is 1.79 bits per heavy atom. The highest BCUT2D eigenvalue weighted by Gasteiger charge is 1.98. The minimum Gasteiger partial charge on any atom is -0.494 e. The van der Waals surface area contributed by atoms with Crippen molar-refractivity contribution in [2.24, 2.45) is 7.05 Å². The largest absolute Gasteiger partial charge is 0.494 e. The van der Waals surface area contributed by atoms with Gasteiger partial charge in [0, 0.05) is 18.2 Å². The fourth-order valence-corrected chi connectivity index (χ4v) is 1.73. The van der Waals surface area contributed by atoms with Crippen LogP contribution >= 0.6 is 24.0 Å². The van der Waals surface area contributed by atoms with Gasteiger partial charge in [-0.15, -0.1) is 24.0 Å². The van der Waals surface area contributed by atoms with Gasteiger partial charge in [0.05, 0.1) is 6.61 Å². The normalized spacial score (nSPS) is 10.2. The summed E-state index contributed by atoms with van der Waals surface area (Å²) >= 11 is 0. The van der Waals surface area contributed by atoms with Gasteiger partial charge in [0.15, 0.2) is 6.20 Å². The van der Waals surface area contributed by atoms with Crippen LogP contribution in [-0.4, -0.2) is 6.61 Å². The van der Waals surface area contributed by atoms with Crippen LogP contribution in [0.4, 0.5) is 0 Å². The molecule has 0 amide bonds. The van der Waals surface area contributed by atoms with Crippen molar-refractivity contribution in [1.82, 2.24) is 0 Å². The van der Waals surface area contributed by atoms with Gasteiger partial charge in [-0.05, 0) is 36.8 Å². The topological polar surface area (TPSA) is 13.1 Å². The smallest absolute Gasteiger partial charge is 0.204 e. The summed E-state index contributed by atoms with van der Waals surface area (Å²) in [6, 6.07) is 14.3. The number of rotatable bonds is 4. The SMILES string of the molecule is CCOc1ccc(/C=C/c2cccc[n+]2C)cc1.I. The molecule has 0 radical (unpaired) electrons. The summed E-state index contributed by atoms with van der Waals surface area (Å²) in [5.74, 6) is 0.917. The molecule has 0 unspecified atom stereocenters. The lowest BCUT2D eigenvalue weighted by atomic mass is 10.2. The summed E-state index contributed by atoms with van der Waals surface area (Å²) in [7, 11) is 2.04. The van der Waals surface area contributed by atoms with Gasteiger partial charge in [-0.1, -0.05) is 12.1 Å².